The molecule has 9 nitrogen and oxygen atoms in total. The minimum absolute atomic E-state index is 0.0151. The zero-order valence-corrected chi connectivity index (χ0v) is 18.8. The first-order valence-corrected chi connectivity index (χ1v) is 11.1. The maximum absolute atomic E-state index is 12.5. The second-order valence-electron chi connectivity index (χ2n) is 6.42. The zero-order valence-electron chi connectivity index (χ0n) is 17.2. The number of rotatable bonds is 8. The van der Waals surface area contributed by atoms with Gasteiger partial charge in [-0.2, -0.15) is 0 Å². The molecule has 1 amide bonds. The van der Waals surface area contributed by atoms with Gasteiger partial charge in [-0.1, -0.05) is 42.1 Å². The molecule has 0 aliphatic heterocycles. The summed E-state index contributed by atoms with van der Waals surface area (Å²) in [5.41, 5.74) is 1.50. The molecular weight excluding hydrogens is 438 g/mol. The van der Waals surface area contributed by atoms with Crippen molar-refractivity contribution in [3.63, 3.8) is 0 Å². The van der Waals surface area contributed by atoms with Gasteiger partial charge in [0.2, 0.25) is 11.1 Å². The second-order valence-corrected chi connectivity index (χ2v) is 8.38. The molecule has 3 aromatic rings. The third-order valence-corrected chi connectivity index (χ3v) is 6.48. The summed E-state index contributed by atoms with van der Waals surface area (Å²) < 4.78 is 6.40. The Morgan fingerprint density at radius 2 is 1.94 bits per heavy atom. The fourth-order valence-corrected chi connectivity index (χ4v) is 4.60. The van der Waals surface area contributed by atoms with Crippen LogP contribution in [0.25, 0.3) is 11.4 Å². The molecule has 0 aliphatic carbocycles. The monoisotopic (exact) mass is 459 g/mol. The Balaban J connectivity index is 1.73. The van der Waals surface area contributed by atoms with E-state index in [2.05, 4.69) is 15.5 Å². The lowest BCUT2D eigenvalue weighted by Gasteiger charge is -2.07. The molecule has 0 radical (unpaired) electrons. The summed E-state index contributed by atoms with van der Waals surface area (Å²) in [6.07, 6.45) is 0. The Labute approximate surface area is 187 Å². The number of amides is 1. The summed E-state index contributed by atoms with van der Waals surface area (Å²) in [5, 5.41) is 11.5. The van der Waals surface area contributed by atoms with E-state index >= 15 is 0 Å². The number of carbonyl (C=O) groups is 3. The maximum atomic E-state index is 12.5. The topological polar surface area (TPSA) is 129 Å². The molecule has 0 bridgehead atoms. The number of hydrogen-bond acceptors (Lipinski definition) is 9. The first-order chi connectivity index (χ1) is 14.8. The number of thiophene rings is 1. The van der Waals surface area contributed by atoms with E-state index < -0.39 is 5.97 Å². The molecule has 2 heterocycles. The van der Waals surface area contributed by atoms with Crippen molar-refractivity contribution in [2.75, 3.05) is 23.5 Å². The molecule has 162 valence electrons. The molecule has 0 spiro atoms. The van der Waals surface area contributed by atoms with E-state index in [4.69, 9.17) is 10.6 Å². The Morgan fingerprint density at radius 1 is 1.23 bits per heavy atom. The number of carbonyl (C=O) groups excluding carboxylic acids is 3. The van der Waals surface area contributed by atoms with E-state index in [0.717, 1.165) is 28.7 Å². The lowest BCUT2D eigenvalue weighted by atomic mass is 10.1. The van der Waals surface area contributed by atoms with Gasteiger partial charge in [0, 0.05) is 5.56 Å². The second kappa shape index (κ2) is 9.75. The number of esters is 1. The predicted molar refractivity (Wildman–Crippen MR) is 120 cm³/mol. The number of nitrogen functional groups attached to an aromatic ring is 1. The molecule has 0 unspecified atom stereocenters. The largest absolute Gasteiger partial charge is 0.462 e. The highest BCUT2D eigenvalue weighted by Gasteiger charge is 2.25. The van der Waals surface area contributed by atoms with Gasteiger partial charge < -0.3 is 15.9 Å². The van der Waals surface area contributed by atoms with Gasteiger partial charge in [-0.15, -0.1) is 21.5 Å². The van der Waals surface area contributed by atoms with Crippen LogP contribution in [0.2, 0.25) is 0 Å². The minimum Gasteiger partial charge on any atom is -0.462 e. The average Bonchev–Trinajstić information content (AvgIpc) is 3.27. The molecule has 0 saturated heterocycles. The van der Waals surface area contributed by atoms with E-state index in [1.807, 2.05) is 30.3 Å². The van der Waals surface area contributed by atoms with Crippen LogP contribution in [-0.2, 0) is 9.53 Å². The number of anilines is 1. The van der Waals surface area contributed by atoms with Crippen LogP contribution in [0.15, 0.2) is 35.5 Å². The van der Waals surface area contributed by atoms with E-state index in [-0.39, 0.29) is 34.6 Å². The van der Waals surface area contributed by atoms with E-state index in [1.54, 1.807) is 13.8 Å². The zero-order chi connectivity index (χ0) is 22.5. The number of thioether (sulfide) groups is 1. The number of benzene rings is 1. The quantitative estimate of drug-likeness (QED) is 0.227. The molecule has 1 aromatic carbocycles. The molecule has 0 saturated carbocycles. The summed E-state index contributed by atoms with van der Waals surface area (Å²) >= 11 is 2.16. The number of Topliss-reactive ketones (excluding diaryl/α,β-unsaturated/α-hetero) is 1. The van der Waals surface area contributed by atoms with Crippen LogP contribution >= 0.6 is 23.1 Å². The summed E-state index contributed by atoms with van der Waals surface area (Å²) in [4.78, 5) is 37.2. The van der Waals surface area contributed by atoms with Crippen molar-refractivity contribution in [3.05, 3.63) is 46.3 Å². The van der Waals surface area contributed by atoms with Crippen LogP contribution in [0, 0.1) is 6.92 Å². The van der Waals surface area contributed by atoms with Crippen LogP contribution in [0.4, 0.5) is 5.00 Å². The Morgan fingerprint density at radius 3 is 2.58 bits per heavy atom. The number of nitrogens with one attached hydrogen (secondary N) is 1. The van der Waals surface area contributed by atoms with E-state index in [0.29, 0.717) is 21.4 Å². The summed E-state index contributed by atoms with van der Waals surface area (Å²) in [6.45, 7) is 4.94. The third kappa shape index (κ3) is 4.94. The third-order valence-electron chi connectivity index (χ3n) is 4.23. The highest BCUT2D eigenvalue weighted by Crippen LogP contribution is 2.34. The van der Waals surface area contributed by atoms with Crippen LogP contribution in [0.3, 0.4) is 0 Å². The molecule has 3 N–H and O–H groups in total. The lowest BCUT2D eigenvalue weighted by Crippen LogP contribution is -2.17. The van der Waals surface area contributed by atoms with Gasteiger partial charge in [-0.05, 0) is 26.3 Å². The van der Waals surface area contributed by atoms with Gasteiger partial charge in [-0.25, -0.2) is 9.47 Å². The van der Waals surface area contributed by atoms with Crippen molar-refractivity contribution in [1.29, 1.82) is 0 Å². The van der Waals surface area contributed by atoms with Crippen molar-refractivity contribution in [3.8, 4) is 11.4 Å². The van der Waals surface area contributed by atoms with Gasteiger partial charge in [0.05, 0.1) is 22.8 Å². The van der Waals surface area contributed by atoms with Crippen molar-refractivity contribution >= 4 is 45.8 Å². The number of ketones is 1. The van der Waals surface area contributed by atoms with Crippen LogP contribution in [0.5, 0.6) is 0 Å². The summed E-state index contributed by atoms with van der Waals surface area (Å²) in [7, 11) is 0. The minimum atomic E-state index is -0.582. The highest BCUT2D eigenvalue weighted by atomic mass is 32.2. The van der Waals surface area contributed by atoms with Crippen molar-refractivity contribution in [1.82, 2.24) is 14.9 Å². The Bertz CT molecular complexity index is 1120. The molecule has 11 heteroatoms. The summed E-state index contributed by atoms with van der Waals surface area (Å²) in [5.74, 6) is 5.39. The molecule has 2 aromatic heterocycles. The normalized spacial score (nSPS) is 10.7. The Hall–Kier alpha value is -3.18. The molecule has 0 fully saturated rings. The number of hydrogen-bond donors (Lipinski definition) is 2. The molecule has 0 aliphatic rings. The SMILES string of the molecule is CCOC(=O)c1c(NC(=O)CSc2nnc(-c3ccccc3)n2N)sc(C(C)=O)c1C. The van der Waals surface area contributed by atoms with Crippen LogP contribution in [-0.4, -0.2) is 44.9 Å². The van der Waals surface area contributed by atoms with Crippen molar-refractivity contribution in [2.24, 2.45) is 0 Å². The maximum Gasteiger partial charge on any atom is 0.341 e. The van der Waals surface area contributed by atoms with E-state index in [1.165, 1.54) is 11.6 Å². The number of nitrogens with zero attached hydrogens (tertiary/aromatic N) is 3. The first-order valence-electron chi connectivity index (χ1n) is 9.33. The van der Waals surface area contributed by atoms with Crippen molar-refractivity contribution < 1.29 is 19.1 Å². The van der Waals surface area contributed by atoms with Gasteiger partial charge in [-0.3, -0.25) is 9.59 Å². The van der Waals surface area contributed by atoms with Crippen LogP contribution < -0.4 is 11.2 Å². The smallest absolute Gasteiger partial charge is 0.341 e. The highest BCUT2D eigenvalue weighted by molar-refractivity contribution is 7.99. The molecule has 3 rings (SSSR count). The fraction of sp³-hybridized carbons (Fsp3) is 0.250. The Kier molecular flexibility index (Phi) is 7.08. The first kappa shape index (κ1) is 22.5. The number of nitrogens with two attached hydrogens (primary N) is 1. The molecule has 31 heavy (non-hydrogen) atoms. The average molecular weight is 460 g/mol. The molecular formula is C20H21N5O4S2. The predicted octanol–water partition coefficient (Wildman–Crippen LogP) is 3.14. The van der Waals surface area contributed by atoms with Crippen LogP contribution in [0.1, 0.15) is 39.4 Å². The fourth-order valence-electron chi connectivity index (χ4n) is 2.84. The lowest BCUT2D eigenvalue weighted by molar-refractivity contribution is -0.113. The van der Waals surface area contributed by atoms with Gasteiger partial charge in [0.25, 0.3) is 0 Å². The van der Waals surface area contributed by atoms with Gasteiger partial charge in [0.15, 0.2) is 11.6 Å². The number of aromatic nitrogens is 3. The number of ether oxygens (including phenoxy) is 1. The van der Waals surface area contributed by atoms with Gasteiger partial charge in [0.1, 0.15) is 5.00 Å². The summed E-state index contributed by atoms with van der Waals surface area (Å²) in [6, 6.07) is 9.33. The van der Waals surface area contributed by atoms with E-state index in [9.17, 15) is 14.4 Å². The van der Waals surface area contributed by atoms with Gasteiger partial charge >= 0.3 is 5.97 Å². The van der Waals surface area contributed by atoms with Crippen molar-refractivity contribution in [2.45, 2.75) is 25.9 Å². The standard InChI is InChI=1S/C20H21N5O4S2/c1-4-29-19(28)15-11(2)16(12(3)26)31-18(15)22-14(27)10-30-20-24-23-17(25(20)21)13-8-6-5-7-9-13/h5-9H,4,10,21H2,1-3H3,(H,22,27). The molecule has 0 atom stereocenters.